The SMILES string of the molecule is OC1(c2ccc3ccccc3c2)CCOCC1. The Morgan fingerprint density at radius 3 is 2.41 bits per heavy atom. The van der Waals surface area contributed by atoms with Crippen LogP contribution in [-0.2, 0) is 10.3 Å². The zero-order valence-electron chi connectivity index (χ0n) is 9.73. The zero-order valence-corrected chi connectivity index (χ0v) is 9.73. The van der Waals surface area contributed by atoms with Crippen LogP contribution in [0.15, 0.2) is 42.5 Å². The molecule has 17 heavy (non-hydrogen) atoms. The van der Waals surface area contributed by atoms with Gasteiger partial charge in [-0.3, -0.25) is 0 Å². The number of ether oxygens (including phenoxy) is 1. The molecule has 0 aromatic heterocycles. The van der Waals surface area contributed by atoms with Gasteiger partial charge in [0.25, 0.3) is 0 Å². The smallest absolute Gasteiger partial charge is 0.0940 e. The monoisotopic (exact) mass is 228 g/mol. The minimum Gasteiger partial charge on any atom is -0.385 e. The molecule has 0 atom stereocenters. The lowest BCUT2D eigenvalue weighted by Gasteiger charge is -2.32. The van der Waals surface area contributed by atoms with Crippen LogP contribution in [0.4, 0.5) is 0 Å². The third-order valence-electron chi connectivity index (χ3n) is 3.61. The maximum atomic E-state index is 10.6. The summed E-state index contributed by atoms with van der Waals surface area (Å²) >= 11 is 0. The van der Waals surface area contributed by atoms with Crippen LogP contribution >= 0.6 is 0 Å². The standard InChI is InChI=1S/C15H16O2/c16-15(7-9-17-10-8-15)14-6-5-12-3-1-2-4-13(12)11-14/h1-6,11,16H,7-10H2. The van der Waals surface area contributed by atoms with Gasteiger partial charge in [-0.05, 0) is 22.4 Å². The van der Waals surface area contributed by atoms with Crippen LogP contribution in [-0.4, -0.2) is 18.3 Å². The van der Waals surface area contributed by atoms with Gasteiger partial charge in [-0.2, -0.15) is 0 Å². The van der Waals surface area contributed by atoms with Crippen LogP contribution in [0, 0.1) is 0 Å². The Kier molecular flexibility index (Phi) is 2.61. The minimum atomic E-state index is -0.706. The predicted octanol–water partition coefficient (Wildman–Crippen LogP) is 2.84. The summed E-state index contributed by atoms with van der Waals surface area (Å²) < 4.78 is 5.31. The van der Waals surface area contributed by atoms with Crippen LogP contribution in [0.3, 0.4) is 0 Å². The largest absolute Gasteiger partial charge is 0.385 e. The number of hydrogen-bond donors (Lipinski definition) is 1. The summed E-state index contributed by atoms with van der Waals surface area (Å²) in [7, 11) is 0. The van der Waals surface area contributed by atoms with Gasteiger partial charge in [-0.25, -0.2) is 0 Å². The number of aliphatic hydroxyl groups is 1. The van der Waals surface area contributed by atoms with E-state index in [2.05, 4.69) is 24.3 Å². The van der Waals surface area contributed by atoms with Crippen molar-refractivity contribution in [3.05, 3.63) is 48.0 Å². The van der Waals surface area contributed by atoms with Crippen molar-refractivity contribution in [1.82, 2.24) is 0 Å². The second kappa shape index (κ2) is 4.13. The molecule has 1 N–H and O–H groups in total. The molecule has 2 aromatic rings. The highest BCUT2D eigenvalue weighted by Crippen LogP contribution is 2.33. The van der Waals surface area contributed by atoms with Crippen molar-refractivity contribution >= 4 is 10.8 Å². The third-order valence-corrected chi connectivity index (χ3v) is 3.61. The van der Waals surface area contributed by atoms with Crippen molar-refractivity contribution in [3.63, 3.8) is 0 Å². The summed E-state index contributed by atoms with van der Waals surface area (Å²) in [5.41, 5.74) is 0.307. The molecule has 3 rings (SSSR count). The van der Waals surface area contributed by atoms with Crippen molar-refractivity contribution < 1.29 is 9.84 Å². The first-order valence-electron chi connectivity index (χ1n) is 6.07. The molecule has 1 aliphatic rings. The Labute approximate surface area is 101 Å². The van der Waals surface area contributed by atoms with E-state index in [1.165, 1.54) is 10.8 Å². The second-order valence-electron chi connectivity index (χ2n) is 4.71. The Morgan fingerprint density at radius 2 is 1.65 bits per heavy atom. The summed E-state index contributed by atoms with van der Waals surface area (Å²) in [4.78, 5) is 0. The minimum absolute atomic E-state index is 0.642. The van der Waals surface area contributed by atoms with Gasteiger partial charge in [0.2, 0.25) is 0 Å². The molecule has 88 valence electrons. The van der Waals surface area contributed by atoms with E-state index in [9.17, 15) is 5.11 Å². The Morgan fingerprint density at radius 1 is 0.941 bits per heavy atom. The average molecular weight is 228 g/mol. The molecule has 0 amide bonds. The van der Waals surface area contributed by atoms with E-state index in [0.29, 0.717) is 26.1 Å². The number of benzene rings is 2. The summed E-state index contributed by atoms with van der Waals surface area (Å²) in [5.74, 6) is 0. The highest BCUT2D eigenvalue weighted by atomic mass is 16.5. The van der Waals surface area contributed by atoms with Gasteiger partial charge in [0.15, 0.2) is 0 Å². The van der Waals surface area contributed by atoms with Gasteiger partial charge in [0.1, 0.15) is 0 Å². The van der Waals surface area contributed by atoms with E-state index in [1.54, 1.807) is 0 Å². The fraction of sp³-hybridized carbons (Fsp3) is 0.333. The molecule has 1 aliphatic heterocycles. The molecule has 0 bridgehead atoms. The Balaban J connectivity index is 2.05. The molecule has 1 fully saturated rings. The van der Waals surface area contributed by atoms with Crippen LogP contribution < -0.4 is 0 Å². The number of rotatable bonds is 1. The summed E-state index contributed by atoms with van der Waals surface area (Å²) in [5, 5.41) is 13.0. The highest BCUT2D eigenvalue weighted by molar-refractivity contribution is 5.83. The zero-order chi connectivity index (χ0) is 11.7. The summed E-state index contributed by atoms with van der Waals surface area (Å²) in [6.07, 6.45) is 1.37. The lowest BCUT2D eigenvalue weighted by Crippen LogP contribution is -2.33. The van der Waals surface area contributed by atoms with Crippen LogP contribution in [0.25, 0.3) is 10.8 Å². The lowest BCUT2D eigenvalue weighted by molar-refractivity contribution is -0.0678. The van der Waals surface area contributed by atoms with E-state index in [-0.39, 0.29) is 0 Å². The molecule has 2 nitrogen and oxygen atoms in total. The fourth-order valence-corrected chi connectivity index (χ4v) is 2.48. The van der Waals surface area contributed by atoms with E-state index >= 15 is 0 Å². The topological polar surface area (TPSA) is 29.5 Å². The molecule has 0 radical (unpaired) electrons. The van der Waals surface area contributed by atoms with E-state index in [0.717, 1.165) is 5.56 Å². The maximum absolute atomic E-state index is 10.6. The second-order valence-corrected chi connectivity index (χ2v) is 4.71. The lowest BCUT2D eigenvalue weighted by atomic mass is 9.85. The first-order valence-corrected chi connectivity index (χ1v) is 6.07. The van der Waals surface area contributed by atoms with E-state index in [4.69, 9.17) is 4.74 Å². The molecule has 1 saturated heterocycles. The van der Waals surface area contributed by atoms with Gasteiger partial charge in [0.05, 0.1) is 5.60 Å². The molecule has 0 aliphatic carbocycles. The van der Waals surface area contributed by atoms with Crippen molar-refractivity contribution in [3.8, 4) is 0 Å². The highest BCUT2D eigenvalue weighted by Gasteiger charge is 2.31. The first-order chi connectivity index (χ1) is 8.28. The van der Waals surface area contributed by atoms with Crippen LogP contribution in [0.1, 0.15) is 18.4 Å². The molecular formula is C15H16O2. The van der Waals surface area contributed by atoms with Crippen LogP contribution in [0.2, 0.25) is 0 Å². The predicted molar refractivity (Wildman–Crippen MR) is 67.9 cm³/mol. The average Bonchev–Trinajstić information content (AvgIpc) is 2.39. The van der Waals surface area contributed by atoms with Crippen molar-refractivity contribution in [2.45, 2.75) is 18.4 Å². The molecular weight excluding hydrogens is 212 g/mol. The molecule has 0 unspecified atom stereocenters. The summed E-state index contributed by atoms with van der Waals surface area (Å²) in [6, 6.07) is 14.5. The van der Waals surface area contributed by atoms with Gasteiger partial charge >= 0.3 is 0 Å². The maximum Gasteiger partial charge on any atom is 0.0940 e. The Bertz CT molecular complexity index is 527. The molecule has 2 heteroatoms. The normalized spacial score (nSPS) is 19.4. The number of hydrogen-bond acceptors (Lipinski definition) is 2. The quantitative estimate of drug-likeness (QED) is 0.813. The van der Waals surface area contributed by atoms with E-state index in [1.807, 2.05) is 18.2 Å². The third kappa shape index (κ3) is 1.94. The van der Waals surface area contributed by atoms with Crippen molar-refractivity contribution in [2.75, 3.05) is 13.2 Å². The van der Waals surface area contributed by atoms with Crippen molar-refractivity contribution in [1.29, 1.82) is 0 Å². The van der Waals surface area contributed by atoms with Crippen molar-refractivity contribution in [2.24, 2.45) is 0 Å². The first kappa shape index (κ1) is 10.8. The summed E-state index contributed by atoms with van der Waals surface area (Å²) in [6.45, 7) is 1.28. The molecule has 2 aromatic carbocycles. The van der Waals surface area contributed by atoms with Gasteiger partial charge in [-0.15, -0.1) is 0 Å². The fourth-order valence-electron chi connectivity index (χ4n) is 2.48. The Hall–Kier alpha value is -1.38. The molecule has 0 saturated carbocycles. The van der Waals surface area contributed by atoms with Gasteiger partial charge in [0, 0.05) is 26.1 Å². The van der Waals surface area contributed by atoms with Crippen LogP contribution in [0.5, 0.6) is 0 Å². The number of fused-ring (bicyclic) bond motifs is 1. The van der Waals surface area contributed by atoms with Gasteiger partial charge < -0.3 is 9.84 Å². The van der Waals surface area contributed by atoms with Gasteiger partial charge in [-0.1, -0.05) is 36.4 Å². The van der Waals surface area contributed by atoms with E-state index < -0.39 is 5.60 Å². The molecule has 1 heterocycles. The molecule has 0 spiro atoms.